The van der Waals surface area contributed by atoms with Crippen LogP contribution in [-0.2, 0) is 0 Å². The number of hydrogen-bond acceptors (Lipinski definition) is 6. The van der Waals surface area contributed by atoms with Gasteiger partial charge in [0.2, 0.25) is 12.4 Å². The van der Waals surface area contributed by atoms with Gasteiger partial charge in [-0.3, -0.25) is 9.59 Å². The fourth-order valence-corrected chi connectivity index (χ4v) is 2.92. The molecule has 1 unspecified atom stereocenters. The Morgan fingerprint density at radius 1 is 1.18 bits per heavy atom. The highest BCUT2D eigenvalue weighted by atomic mass is 16.7. The number of fused-ring (bicyclic) bond motifs is 2. The van der Waals surface area contributed by atoms with Crippen LogP contribution in [-0.4, -0.2) is 42.0 Å². The molecule has 1 aliphatic rings. The van der Waals surface area contributed by atoms with Crippen LogP contribution in [0.15, 0.2) is 53.3 Å². The summed E-state index contributed by atoms with van der Waals surface area (Å²) in [7, 11) is 0. The van der Waals surface area contributed by atoms with Crippen LogP contribution in [0.1, 0.15) is 10.4 Å². The lowest BCUT2D eigenvalue weighted by Crippen LogP contribution is -2.35. The molecule has 2 heterocycles. The van der Waals surface area contributed by atoms with Gasteiger partial charge in [-0.2, -0.15) is 0 Å². The third-order valence-corrected chi connectivity index (χ3v) is 4.28. The lowest BCUT2D eigenvalue weighted by atomic mass is 10.1. The van der Waals surface area contributed by atoms with E-state index in [1.54, 1.807) is 42.5 Å². The molecule has 3 N–H and O–H groups in total. The summed E-state index contributed by atoms with van der Waals surface area (Å²) in [6.07, 6.45) is -0.928. The van der Waals surface area contributed by atoms with E-state index in [0.717, 1.165) is 0 Å². The number of pyridine rings is 1. The summed E-state index contributed by atoms with van der Waals surface area (Å²) in [6.45, 7) is 0.130. The highest BCUT2D eigenvalue weighted by Crippen LogP contribution is 2.35. The van der Waals surface area contributed by atoms with Crippen molar-refractivity contribution in [1.29, 1.82) is 0 Å². The molecule has 1 amide bonds. The van der Waals surface area contributed by atoms with Gasteiger partial charge in [-0.05, 0) is 18.2 Å². The van der Waals surface area contributed by atoms with E-state index < -0.39 is 12.0 Å². The molecular formula is C20H18N2O6. The Morgan fingerprint density at radius 2 is 2.00 bits per heavy atom. The van der Waals surface area contributed by atoms with Gasteiger partial charge in [0.15, 0.2) is 11.5 Å². The van der Waals surface area contributed by atoms with Crippen molar-refractivity contribution in [2.24, 2.45) is 0 Å². The monoisotopic (exact) mass is 382 g/mol. The summed E-state index contributed by atoms with van der Waals surface area (Å²) in [5, 5.41) is 13.4. The zero-order valence-corrected chi connectivity index (χ0v) is 14.8. The van der Waals surface area contributed by atoms with Crippen molar-refractivity contribution in [1.82, 2.24) is 10.3 Å². The third-order valence-electron chi connectivity index (χ3n) is 4.28. The van der Waals surface area contributed by atoms with E-state index in [9.17, 15) is 14.7 Å². The van der Waals surface area contributed by atoms with E-state index in [1.165, 1.54) is 6.07 Å². The number of para-hydroxylation sites is 1. The number of ether oxygens (including phenoxy) is 3. The van der Waals surface area contributed by atoms with E-state index in [2.05, 4.69) is 10.3 Å². The van der Waals surface area contributed by atoms with Crippen LogP contribution in [0.2, 0.25) is 0 Å². The highest BCUT2D eigenvalue weighted by Gasteiger charge is 2.16. The summed E-state index contributed by atoms with van der Waals surface area (Å²) in [4.78, 5) is 26.9. The number of aliphatic hydroxyl groups is 1. The number of carbonyl (C=O) groups is 1. The summed E-state index contributed by atoms with van der Waals surface area (Å²) in [5.74, 6) is 1.31. The van der Waals surface area contributed by atoms with Gasteiger partial charge in [0.25, 0.3) is 5.91 Å². The molecule has 0 saturated heterocycles. The largest absolute Gasteiger partial charge is 0.491 e. The van der Waals surface area contributed by atoms with Gasteiger partial charge in [0, 0.05) is 29.6 Å². The molecule has 1 atom stereocenters. The molecule has 3 aromatic rings. The zero-order chi connectivity index (χ0) is 19.5. The van der Waals surface area contributed by atoms with Crippen LogP contribution >= 0.6 is 0 Å². The van der Waals surface area contributed by atoms with E-state index in [1.807, 2.05) is 0 Å². The molecule has 28 heavy (non-hydrogen) atoms. The Bertz CT molecular complexity index is 1080. The standard InChI is InChI=1S/C20H18N2O6/c23-12(10-26-13-5-6-17-18(7-13)28-11-27-17)9-21-20(25)15-8-19(24)22-16-4-2-1-3-14(15)16/h1-8,12,23H,9-11H2,(H,21,25)(H,22,24). The minimum Gasteiger partial charge on any atom is -0.491 e. The minimum absolute atomic E-state index is 0.0178. The Kier molecular flexibility index (Phi) is 4.86. The van der Waals surface area contributed by atoms with Gasteiger partial charge in [0.1, 0.15) is 18.5 Å². The first-order valence-electron chi connectivity index (χ1n) is 8.71. The van der Waals surface area contributed by atoms with Gasteiger partial charge >= 0.3 is 0 Å². The third kappa shape index (κ3) is 3.77. The van der Waals surface area contributed by atoms with Crippen molar-refractivity contribution in [3.05, 3.63) is 64.4 Å². The molecule has 1 aliphatic heterocycles. The number of rotatable bonds is 6. The second-order valence-electron chi connectivity index (χ2n) is 6.28. The van der Waals surface area contributed by atoms with Crippen molar-refractivity contribution in [2.45, 2.75) is 6.10 Å². The molecule has 0 spiro atoms. The number of aliphatic hydroxyl groups excluding tert-OH is 1. The average molecular weight is 382 g/mol. The summed E-state index contributed by atoms with van der Waals surface area (Å²) >= 11 is 0. The van der Waals surface area contributed by atoms with Crippen LogP contribution in [0.3, 0.4) is 0 Å². The number of nitrogens with one attached hydrogen (secondary N) is 2. The van der Waals surface area contributed by atoms with Gasteiger partial charge < -0.3 is 29.6 Å². The molecule has 1 aromatic heterocycles. The maximum Gasteiger partial charge on any atom is 0.252 e. The van der Waals surface area contributed by atoms with Gasteiger partial charge in [-0.15, -0.1) is 0 Å². The van der Waals surface area contributed by atoms with Crippen LogP contribution in [0.5, 0.6) is 17.2 Å². The molecule has 8 nitrogen and oxygen atoms in total. The minimum atomic E-state index is -0.928. The molecule has 0 fully saturated rings. The first-order valence-corrected chi connectivity index (χ1v) is 8.71. The molecule has 4 rings (SSSR count). The zero-order valence-electron chi connectivity index (χ0n) is 14.8. The van der Waals surface area contributed by atoms with Crippen molar-refractivity contribution < 1.29 is 24.1 Å². The molecule has 0 aliphatic carbocycles. The molecule has 144 valence electrons. The molecule has 0 radical (unpaired) electrons. The van der Waals surface area contributed by atoms with Gasteiger partial charge in [0.05, 0.1) is 5.56 Å². The Balaban J connectivity index is 1.35. The fraction of sp³-hybridized carbons (Fsp3) is 0.200. The van der Waals surface area contributed by atoms with E-state index in [4.69, 9.17) is 14.2 Å². The summed E-state index contributed by atoms with van der Waals surface area (Å²) < 4.78 is 16.0. The van der Waals surface area contributed by atoms with Crippen LogP contribution in [0.25, 0.3) is 10.9 Å². The maximum atomic E-state index is 12.5. The number of carbonyl (C=O) groups excluding carboxylic acids is 1. The van der Waals surface area contributed by atoms with Crippen molar-refractivity contribution in [2.75, 3.05) is 19.9 Å². The number of aromatic amines is 1. The molecular weight excluding hydrogens is 364 g/mol. The second-order valence-corrected chi connectivity index (χ2v) is 6.28. The van der Waals surface area contributed by atoms with Crippen molar-refractivity contribution in [3.8, 4) is 17.2 Å². The predicted octanol–water partition coefficient (Wildman–Crippen LogP) is 1.43. The molecule has 0 saturated carbocycles. The molecule has 8 heteroatoms. The fourth-order valence-electron chi connectivity index (χ4n) is 2.92. The predicted molar refractivity (Wildman–Crippen MR) is 101 cm³/mol. The number of aromatic nitrogens is 1. The summed E-state index contributed by atoms with van der Waals surface area (Å²) in [5.41, 5.74) is 0.464. The van der Waals surface area contributed by atoms with Crippen molar-refractivity contribution in [3.63, 3.8) is 0 Å². The van der Waals surface area contributed by atoms with Crippen LogP contribution in [0.4, 0.5) is 0 Å². The Morgan fingerprint density at radius 3 is 2.89 bits per heavy atom. The van der Waals surface area contributed by atoms with E-state index in [0.29, 0.717) is 28.2 Å². The van der Waals surface area contributed by atoms with Crippen molar-refractivity contribution >= 4 is 16.8 Å². The number of hydrogen-bond donors (Lipinski definition) is 3. The number of amides is 1. The number of H-pyrrole nitrogens is 1. The van der Waals surface area contributed by atoms with E-state index in [-0.39, 0.29) is 31.1 Å². The topological polar surface area (TPSA) is 110 Å². The first kappa shape index (κ1) is 17.9. The van der Waals surface area contributed by atoms with Crippen LogP contribution < -0.4 is 25.1 Å². The second kappa shape index (κ2) is 7.61. The van der Waals surface area contributed by atoms with Gasteiger partial charge in [-0.1, -0.05) is 18.2 Å². The summed E-state index contributed by atoms with van der Waals surface area (Å²) in [6, 6.07) is 13.4. The SMILES string of the molecule is O=C(NCC(O)COc1ccc2c(c1)OCO2)c1cc(=O)[nH]c2ccccc12. The Labute approximate surface area is 159 Å². The molecule has 2 aromatic carbocycles. The van der Waals surface area contributed by atoms with Crippen LogP contribution in [0, 0.1) is 0 Å². The lowest BCUT2D eigenvalue weighted by molar-refractivity contribution is 0.0844. The lowest BCUT2D eigenvalue weighted by Gasteiger charge is -2.14. The average Bonchev–Trinajstić information content (AvgIpc) is 3.17. The first-order chi connectivity index (χ1) is 13.6. The van der Waals surface area contributed by atoms with Gasteiger partial charge in [-0.25, -0.2) is 0 Å². The quantitative estimate of drug-likeness (QED) is 0.595. The molecule has 0 bridgehead atoms. The van der Waals surface area contributed by atoms with E-state index >= 15 is 0 Å². The number of benzene rings is 2. The Hall–Kier alpha value is -3.52. The maximum absolute atomic E-state index is 12.5. The smallest absolute Gasteiger partial charge is 0.252 e. The normalized spacial score (nSPS) is 13.3. The highest BCUT2D eigenvalue weighted by molar-refractivity contribution is 6.05.